The number of sulfonamides is 1. The molecule has 126 valence electrons. The first-order chi connectivity index (χ1) is 9.66. The monoisotopic (exact) mass is 351 g/mol. The summed E-state index contributed by atoms with van der Waals surface area (Å²) in [6, 6.07) is 4.78. The summed E-state index contributed by atoms with van der Waals surface area (Å²) in [5.41, 5.74) is 5.76. The van der Waals surface area contributed by atoms with Crippen LogP contribution in [-0.4, -0.2) is 37.3 Å². The van der Waals surface area contributed by atoms with Crippen LogP contribution in [0.3, 0.4) is 0 Å². The Labute approximate surface area is 137 Å². The van der Waals surface area contributed by atoms with Gasteiger partial charge in [-0.05, 0) is 24.5 Å². The number of nitrogens with zero attached hydrogens (tertiary/aromatic N) is 2. The lowest BCUT2D eigenvalue weighted by Gasteiger charge is -2.21. The van der Waals surface area contributed by atoms with Crippen LogP contribution < -0.4 is 5.73 Å². The molecule has 0 fully saturated rings. The van der Waals surface area contributed by atoms with Gasteiger partial charge in [-0.2, -0.15) is 0 Å². The third-order valence-electron chi connectivity index (χ3n) is 3.39. The number of nitrogens with two attached hydrogens (primary N) is 1. The first-order valence-electron chi connectivity index (χ1n) is 6.62. The van der Waals surface area contributed by atoms with Gasteiger partial charge in [-0.3, -0.25) is 10.1 Å². The van der Waals surface area contributed by atoms with Crippen molar-refractivity contribution < 1.29 is 13.3 Å². The van der Waals surface area contributed by atoms with Crippen molar-refractivity contribution in [1.82, 2.24) is 4.31 Å². The fourth-order valence-electron chi connectivity index (χ4n) is 1.70. The summed E-state index contributed by atoms with van der Waals surface area (Å²) in [4.78, 5) is 10.0. The number of halogens is 1. The Hall–Kier alpha value is -1.22. The highest BCUT2D eigenvalue weighted by molar-refractivity contribution is 7.89. The SMILES string of the molecule is CC(C)C(N)CCN(C)S(=O)(=O)c1ccc([N+](=O)[O-])cc1.Cl. The fraction of sp³-hybridized carbons (Fsp3) is 0.538. The van der Waals surface area contributed by atoms with E-state index in [1.54, 1.807) is 0 Å². The number of rotatable bonds is 7. The summed E-state index contributed by atoms with van der Waals surface area (Å²) in [7, 11) is -2.17. The normalized spacial score (nSPS) is 13.0. The average molecular weight is 352 g/mol. The molecule has 7 nitrogen and oxygen atoms in total. The number of hydrogen-bond donors (Lipinski definition) is 1. The average Bonchev–Trinajstić information content (AvgIpc) is 2.44. The van der Waals surface area contributed by atoms with Gasteiger partial charge >= 0.3 is 0 Å². The van der Waals surface area contributed by atoms with E-state index in [1.165, 1.54) is 35.6 Å². The Morgan fingerprint density at radius 1 is 1.27 bits per heavy atom. The van der Waals surface area contributed by atoms with E-state index in [4.69, 9.17) is 5.73 Å². The molecule has 1 aromatic rings. The summed E-state index contributed by atoms with van der Waals surface area (Å²) in [6.07, 6.45) is 0.556. The minimum Gasteiger partial charge on any atom is -0.327 e. The van der Waals surface area contributed by atoms with Crippen molar-refractivity contribution in [1.29, 1.82) is 0 Å². The van der Waals surface area contributed by atoms with E-state index in [0.717, 1.165) is 0 Å². The van der Waals surface area contributed by atoms with Gasteiger partial charge in [0.1, 0.15) is 0 Å². The minimum atomic E-state index is -3.65. The van der Waals surface area contributed by atoms with Gasteiger partial charge < -0.3 is 5.73 Å². The molecule has 0 radical (unpaired) electrons. The number of benzene rings is 1. The highest BCUT2D eigenvalue weighted by Gasteiger charge is 2.22. The molecule has 0 aliphatic heterocycles. The molecule has 0 amide bonds. The molecule has 0 bridgehead atoms. The van der Waals surface area contributed by atoms with Crippen LogP contribution in [0.5, 0.6) is 0 Å². The third-order valence-corrected chi connectivity index (χ3v) is 5.26. The van der Waals surface area contributed by atoms with Crippen LogP contribution in [0, 0.1) is 16.0 Å². The molecule has 0 spiro atoms. The molecular weight excluding hydrogens is 330 g/mol. The van der Waals surface area contributed by atoms with Crippen LogP contribution in [0.1, 0.15) is 20.3 Å². The summed E-state index contributed by atoms with van der Waals surface area (Å²) in [5.74, 6) is 0.278. The van der Waals surface area contributed by atoms with E-state index in [9.17, 15) is 18.5 Å². The molecule has 0 aliphatic carbocycles. The van der Waals surface area contributed by atoms with Crippen molar-refractivity contribution >= 4 is 28.1 Å². The first kappa shape index (κ1) is 20.8. The highest BCUT2D eigenvalue weighted by Crippen LogP contribution is 2.19. The van der Waals surface area contributed by atoms with Crippen molar-refractivity contribution in [2.75, 3.05) is 13.6 Å². The van der Waals surface area contributed by atoms with Gasteiger partial charge in [0.2, 0.25) is 10.0 Å². The van der Waals surface area contributed by atoms with E-state index in [2.05, 4.69) is 0 Å². The molecule has 0 aliphatic rings. The van der Waals surface area contributed by atoms with Gasteiger partial charge in [0, 0.05) is 31.8 Å². The zero-order valence-corrected chi connectivity index (χ0v) is 14.4. The van der Waals surface area contributed by atoms with Crippen LogP contribution in [0.2, 0.25) is 0 Å². The van der Waals surface area contributed by atoms with Crippen molar-refractivity contribution in [3.8, 4) is 0 Å². The maximum atomic E-state index is 12.3. The predicted molar refractivity (Wildman–Crippen MR) is 87.6 cm³/mol. The van der Waals surface area contributed by atoms with Crippen molar-refractivity contribution in [2.24, 2.45) is 11.7 Å². The van der Waals surface area contributed by atoms with Crippen LogP contribution in [0.25, 0.3) is 0 Å². The lowest BCUT2D eigenvalue weighted by Crippen LogP contribution is -2.34. The van der Waals surface area contributed by atoms with Gasteiger partial charge in [-0.1, -0.05) is 13.8 Å². The molecule has 0 aromatic heterocycles. The van der Waals surface area contributed by atoms with E-state index in [-0.39, 0.29) is 34.9 Å². The molecule has 0 saturated carbocycles. The molecular formula is C13H22ClN3O4S. The summed E-state index contributed by atoms with van der Waals surface area (Å²) in [5, 5.41) is 10.6. The number of hydrogen-bond acceptors (Lipinski definition) is 5. The second-order valence-electron chi connectivity index (χ2n) is 5.27. The van der Waals surface area contributed by atoms with Gasteiger partial charge in [-0.15, -0.1) is 12.4 Å². The molecule has 1 rings (SSSR count). The van der Waals surface area contributed by atoms with Gasteiger partial charge in [-0.25, -0.2) is 12.7 Å². The Balaban J connectivity index is 0.00000441. The number of nitro benzene ring substituents is 1. The molecule has 0 saturated heterocycles. The van der Waals surface area contributed by atoms with E-state index >= 15 is 0 Å². The molecule has 9 heteroatoms. The lowest BCUT2D eigenvalue weighted by atomic mass is 10.0. The second kappa shape index (κ2) is 8.42. The topological polar surface area (TPSA) is 107 Å². The van der Waals surface area contributed by atoms with Gasteiger partial charge in [0.05, 0.1) is 9.82 Å². The van der Waals surface area contributed by atoms with Crippen LogP contribution in [0.4, 0.5) is 5.69 Å². The zero-order chi connectivity index (χ0) is 16.2. The summed E-state index contributed by atoms with van der Waals surface area (Å²) in [6.45, 7) is 4.27. The largest absolute Gasteiger partial charge is 0.327 e. The van der Waals surface area contributed by atoms with Crippen molar-refractivity contribution in [3.05, 3.63) is 34.4 Å². The Bertz CT molecular complexity index is 590. The standard InChI is InChI=1S/C13H21N3O4S.ClH/c1-10(2)13(14)8-9-15(3)21(19,20)12-6-4-11(5-7-12)16(17)18;/h4-7,10,13H,8-9,14H2,1-3H3;1H. The fourth-order valence-corrected chi connectivity index (χ4v) is 2.89. The summed E-state index contributed by atoms with van der Waals surface area (Å²) < 4.78 is 25.8. The highest BCUT2D eigenvalue weighted by atomic mass is 35.5. The Morgan fingerprint density at radius 3 is 2.18 bits per heavy atom. The number of non-ortho nitro benzene ring substituents is 1. The van der Waals surface area contributed by atoms with E-state index in [1.807, 2.05) is 13.8 Å². The van der Waals surface area contributed by atoms with E-state index in [0.29, 0.717) is 13.0 Å². The molecule has 0 heterocycles. The van der Waals surface area contributed by atoms with Crippen LogP contribution in [0.15, 0.2) is 29.2 Å². The minimum absolute atomic E-state index is 0. The van der Waals surface area contributed by atoms with E-state index < -0.39 is 14.9 Å². The van der Waals surface area contributed by atoms with Gasteiger partial charge in [0.25, 0.3) is 5.69 Å². The third kappa shape index (κ3) is 5.20. The van der Waals surface area contributed by atoms with Crippen LogP contribution in [-0.2, 0) is 10.0 Å². The first-order valence-corrected chi connectivity index (χ1v) is 8.06. The smallest absolute Gasteiger partial charge is 0.269 e. The molecule has 22 heavy (non-hydrogen) atoms. The zero-order valence-electron chi connectivity index (χ0n) is 12.8. The van der Waals surface area contributed by atoms with Crippen molar-refractivity contribution in [2.45, 2.75) is 31.2 Å². The Kier molecular flexibility index (Phi) is 7.96. The molecule has 1 unspecified atom stereocenters. The second-order valence-corrected chi connectivity index (χ2v) is 7.32. The lowest BCUT2D eigenvalue weighted by molar-refractivity contribution is -0.384. The molecule has 1 atom stereocenters. The maximum absolute atomic E-state index is 12.3. The summed E-state index contributed by atoms with van der Waals surface area (Å²) >= 11 is 0. The maximum Gasteiger partial charge on any atom is 0.269 e. The predicted octanol–water partition coefficient (Wildman–Crippen LogP) is 2.01. The quantitative estimate of drug-likeness (QED) is 0.597. The van der Waals surface area contributed by atoms with Crippen molar-refractivity contribution in [3.63, 3.8) is 0 Å². The van der Waals surface area contributed by atoms with Gasteiger partial charge in [0.15, 0.2) is 0 Å². The molecule has 2 N–H and O–H groups in total. The molecule has 1 aromatic carbocycles. The number of nitro groups is 1. The van der Waals surface area contributed by atoms with Crippen LogP contribution >= 0.6 is 12.4 Å². The Morgan fingerprint density at radius 2 is 1.77 bits per heavy atom.